The van der Waals surface area contributed by atoms with Crippen LogP contribution in [0.15, 0.2) is 179 Å². The zero-order chi connectivity index (χ0) is 31.6. The number of benzene rings is 8. The van der Waals surface area contributed by atoms with Gasteiger partial charge in [0.15, 0.2) is 0 Å². The van der Waals surface area contributed by atoms with Gasteiger partial charge in [0.25, 0.3) is 0 Å². The summed E-state index contributed by atoms with van der Waals surface area (Å²) in [5, 5.41) is 7.86. The molecule has 0 radical (unpaired) electrons. The predicted octanol–water partition coefficient (Wildman–Crippen LogP) is 13.3. The van der Waals surface area contributed by atoms with Gasteiger partial charge in [-0.1, -0.05) is 146 Å². The first-order valence-corrected chi connectivity index (χ1v) is 16.4. The quantitative estimate of drug-likeness (QED) is 0.185. The Morgan fingerprint density at radius 3 is 1.52 bits per heavy atom. The predicted molar refractivity (Wildman–Crippen MR) is 200 cm³/mol. The molecule has 2 heterocycles. The molecule has 10 aromatic rings. The van der Waals surface area contributed by atoms with E-state index in [2.05, 4.69) is 158 Å². The number of fused-ring (bicyclic) bond motifs is 7. The maximum absolute atomic E-state index is 7.02. The second kappa shape index (κ2) is 10.6. The molecule has 0 unspecified atom stereocenters. The number of rotatable bonds is 4. The van der Waals surface area contributed by atoms with Crippen LogP contribution in [-0.4, -0.2) is 0 Å². The maximum Gasteiger partial charge on any atom is 0.147 e. The van der Waals surface area contributed by atoms with Crippen LogP contribution in [0.4, 0.5) is 0 Å². The summed E-state index contributed by atoms with van der Waals surface area (Å²) in [5.41, 5.74) is 10.6. The first-order valence-electron chi connectivity index (χ1n) is 16.4. The molecule has 0 saturated carbocycles. The average Bonchev–Trinajstić information content (AvgIpc) is 3.73. The van der Waals surface area contributed by atoms with Gasteiger partial charge in [0.1, 0.15) is 22.5 Å². The van der Waals surface area contributed by atoms with Crippen LogP contribution < -0.4 is 0 Å². The van der Waals surface area contributed by atoms with Crippen LogP contribution in [0.1, 0.15) is 0 Å². The Morgan fingerprint density at radius 2 is 0.833 bits per heavy atom. The molecule has 2 heteroatoms. The lowest BCUT2D eigenvalue weighted by atomic mass is 9.85. The Morgan fingerprint density at radius 1 is 0.292 bits per heavy atom. The summed E-state index contributed by atoms with van der Waals surface area (Å²) < 4.78 is 13.6. The third-order valence-electron chi connectivity index (χ3n) is 9.68. The molecule has 0 fully saturated rings. The monoisotopic (exact) mass is 612 g/mol. The molecule has 0 amide bonds. The molecule has 0 saturated heterocycles. The van der Waals surface area contributed by atoms with E-state index in [1.807, 2.05) is 12.1 Å². The van der Waals surface area contributed by atoms with Crippen LogP contribution in [0.25, 0.3) is 99.2 Å². The second-order valence-corrected chi connectivity index (χ2v) is 12.4. The van der Waals surface area contributed by atoms with Gasteiger partial charge in [-0.3, -0.25) is 0 Å². The molecule has 224 valence electrons. The smallest absolute Gasteiger partial charge is 0.147 e. The van der Waals surface area contributed by atoms with Crippen LogP contribution in [0, 0.1) is 0 Å². The van der Waals surface area contributed by atoms with Crippen molar-refractivity contribution in [2.75, 3.05) is 0 Å². The van der Waals surface area contributed by atoms with E-state index in [9.17, 15) is 0 Å². The van der Waals surface area contributed by atoms with E-state index in [0.717, 1.165) is 66.1 Å². The molecule has 8 aromatic carbocycles. The van der Waals surface area contributed by atoms with E-state index in [0.29, 0.717) is 0 Å². The van der Waals surface area contributed by atoms with Crippen LogP contribution >= 0.6 is 0 Å². The average molecular weight is 613 g/mol. The van der Waals surface area contributed by atoms with Gasteiger partial charge in [0, 0.05) is 21.9 Å². The maximum atomic E-state index is 7.02. The zero-order valence-corrected chi connectivity index (χ0v) is 26.0. The van der Waals surface area contributed by atoms with Gasteiger partial charge in [-0.15, -0.1) is 0 Å². The molecule has 0 aliphatic carbocycles. The van der Waals surface area contributed by atoms with Crippen molar-refractivity contribution < 1.29 is 8.83 Å². The third kappa shape index (κ3) is 4.00. The first kappa shape index (κ1) is 26.8. The van der Waals surface area contributed by atoms with Crippen molar-refractivity contribution in [3.05, 3.63) is 170 Å². The fourth-order valence-corrected chi connectivity index (χ4v) is 7.59. The van der Waals surface area contributed by atoms with Crippen molar-refractivity contribution in [2.45, 2.75) is 0 Å². The molecule has 2 aromatic heterocycles. The zero-order valence-electron chi connectivity index (χ0n) is 26.0. The molecule has 0 atom stereocenters. The summed E-state index contributed by atoms with van der Waals surface area (Å²) in [6, 6.07) is 60.1. The largest absolute Gasteiger partial charge is 0.455 e. The lowest BCUT2D eigenvalue weighted by Crippen LogP contribution is -1.91. The lowest BCUT2D eigenvalue weighted by Gasteiger charge is -2.18. The van der Waals surface area contributed by atoms with Crippen molar-refractivity contribution in [2.24, 2.45) is 0 Å². The molecular formula is C46H28O2. The van der Waals surface area contributed by atoms with Gasteiger partial charge in [-0.05, 0) is 73.6 Å². The SMILES string of the molecule is c1ccc(-c2cccc(-c3c4ccccc4c(-c4oc5ccc6c7ccccc7oc6c5c4-c4ccccc4)c4ccccc34)c2)cc1. The Labute approximate surface area is 277 Å². The van der Waals surface area contributed by atoms with E-state index in [1.165, 1.54) is 33.0 Å². The normalized spacial score (nSPS) is 11.8. The fraction of sp³-hybridized carbons (Fsp3) is 0. The van der Waals surface area contributed by atoms with Crippen LogP contribution in [0.3, 0.4) is 0 Å². The molecule has 10 rings (SSSR count). The highest BCUT2D eigenvalue weighted by Gasteiger charge is 2.26. The molecule has 0 aliphatic rings. The van der Waals surface area contributed by atoms with Crippen molar-refractivity contribution in [1.82, 2.24) is 0 Å². The second-order valence-electron chi connectivity index (χ2n) is 12.4. The van der Waals surface area contributed by atoms with Crippen LogP contribution in [0.5, 0.6) is 0 Å². The summed E-state index contributed by atoms with van der Waals surface area (Å²) in [4.78, 5) is 0. The molecule has 0 spiro atoms. The topological polar surface area (TPSA) is 26.3 Å². The highest BCUT2D eigenvalue weighted by atomic mass is 16.3. The molecule has 0 aliphatic heterocycles. The van der Waals surface area contributed by atoms with Crippen molar-refractivity contribution in [1.29, 1.82) is 0 Å². The molecular weight excluding hydrogens is 585 g/mol. The van der Waals surface area contributed by atoms with Gasteiger partial charge < -0.3 is 8.83 Å². The van der Waals surface area contributed by atoms with E-state index in [1.54, 1.807) is 0 Å². The van der Waals surface area contributed by atoms with E-state index in [4.69, 9.17) is 8.83 Å². The van der Waals surface area contributed by atoms with E-state index < -0.39 is 0 Å². The molecule has 2 nitrogen and oxygen atoms in total. The number of para-hydroxylation sites is 1. The van der Waals surface area contributed by atoms with Gasteiger partial charge in [0.2, 0.25) is 0 Å². The van der Waals surface area contributed by atoms with Crippen LogP contribution in [0.2, 0.25) is 0 Å². The minimum absolute atomic E-state index is 0.809. The standard InChI is InChI=1S/C46H28O2/c1-3-14-29(15-4-1)31-18-13-19-32(28-31)41-34-21-7-9-23-36(34)43(37-24-10-8-22-35(37)41)46-42(30-16-5-2-6-17-30)44-40(48-46)27-26-38-33-20-11-12-25-39(33)47-45(38)44/h1-28H. The summed E-state index contributed by atoms with van der Waals surface area (Å²) in [6.45, 7) is 0. The van der Waals surface area contributed by atoms with E-state index in [-0.39, 0.29) is 0 Å². The van der Waals surface area contributed by atoms with E-state index >= 15 is 0 Å². The van der Waals surface area contributed by atoms with Crippen molar-refractivity contribution in [3.63, 3.8) is 0 Å². The lowest BCUT2D eigenvalue weighted by molar-refractivity contribution is 0.633. The van der Waals surface area contributed by atoms with Crippen LogP contribution in [-0.2, 0) is 0 Å². The summed E-state index contributed by atoms with van der Waals surface area (Å²) in [5.74, 6) is 0.848. The highest BCUT2D eigenvalue weighted by Crippen LogP contribution is 2.51. The summed E-state index contributed by atoms with van der Waals surface area (Å²) in [7, 11) is 0. The minimum atomic E-state index is 0.809. The molecule has 0 N–H and O–H groups in total. The Bertz CT molecular complexity index is 2760. The number of hydrogen-bond donors (Lipinski definition) is 0. The Balaban J connectivity index is 1.33. The first-order chi connectivity index (χ1) is 23.8. The third-order valence-corrected chi connectivity index (χ3v) is 9.68. The minimum Gasteiger partial charge on any atom is -0.455 e. The molecule has 48 heavy (non-hydrogen) atoms. The fourth-order valence-electron chi connectivity index (χ4n) is 7.59. The molecule has 0 bridgehead atoms. The summed E-state index contributed by atoms with van der Waals surface area (Å²) >= 11 is 0. The van der Waals surface area contributed by atoms with Crippen molar-refractivity contribution >= 4 is 54.5 Å². The number of hydrogen-bond acceptors (Lipinski definition) is 2. The van der Waals surface area contributed by atoms with Gasteiger partial charge in [0.05, 0.1) is 5.39 Å². The number of furan rings is 2. The Kier molecular flexibility index (Phi) is 5.91. The van der Waals surface area contributed by atoms with Gasteiger partial charge in [-0.25, -0.2) is 0 Å². The van der Waals surface area contributed by atoms with Gasteiger partial charge in [-0.2, -0.15) is 0 Å². The summed E-state index contributed by atoms with van der Waals surface area (Å²) in [6.07, 6.45) is 0. The van der Waals surface area contributed by atoms with Crippen molar-refractivity contribution in [3.8, 4) is 44.7 Å². The Hall–Kier alpha value is -6.38. The van der Waals surface area contributed by atoms with Gasteiger partial charge >= 0.3 is 0 Å². The highest BCUT2D eigenvalue weighted by molar-refractivity contribution is 6.25.